The number of nitrogens with zero attached hydrogens (tertiary/aromatic N) is 4. The van der Waals surface area contributed by atoms with Crippen molar-refractivity contribution in [2.24, 2.45) is 4.99 Å². The van der Waals surface area contributed by atoms with Crippen LogP contribution in [0.25, 0.3) is 0 Å². The van der Waals surface area contributed by atoms with Gasteiger partial charge in [0.15, 0.2) is 5.96 Å². The molecule has 0 spiro atoms. The fraction of sp³-hybridized carbons (Fsp3) is 0.875. The summed E-state index contributed by atoms with van der Waals surface area (Å²) in [5, 5.41) is 3.16. The van der Waals surface area contributed by atoms with Gasteiger partial charge in [0.05, 0.1) is 18.5 Å². The van der Waals surface area contributed by atoms with Crippen LogP contribution < -0.4 is 5.32 Å². The molecule has 0 aromatic rings. The number of sulfonamides is 1. The van der Waals surface area contributed by atoms with Crippen LogP contribution in [0.2, 0.25) is 0 Å². The number of likely N-dealkylation sites (N-methyl/N-ethyl adjacent to an activating group) is 1. The summed E-state index contributed by atoms with van der Waals surface area (Å²) in [6.45, 7) is 8.54. The number of amides is 1. The van der Waals surface area contributed by atoms with Crippen LogP contribution in [0.15, 0.2) is 4.99 Å². The van der Waals surface area contributed by atoms with Crippen LogP contribution in [-0.4, -0.2) is 106 Å². The number of nitrogens with one attached hydrogen (secondary N) is 1. The van der Waals surface area contributed by atoms with Gasteiger partial charge in [-0.2, -0.15) is 4.31 Å². The first-order valence-electron chi connectivity index (χ1n) is 9.00. The van der Waals surface area contributed by atoms with Crippen LogP contribution >= 0.6 is 0 Å². The smallest absolute Gasteiger partial charge is 0.243 e. The molecule has 1 N–H and O–H groups in total. The highest BCUT2D eigenvalue weighted by atomic mass is 32.2. The predicted molar refractivity (Wildman–Crippen MR) is 103 cm³/mol. The van der Waals surface area contributed by atoms with E-state index in [2.05, 4.69) is 10.3 Å². The van der Waals surface area contributed by atoms with E-state index in [4.69, 9.17) is 4.74 Å². The Bertz CT molecular complexity index is 569. The van der Waals surface area contributed by atoms with E-state index in [0.29, 0.717) is 38.7 Å². The van der Waals surface area contributed by atoms with E-state index in [1.54, 1.807) is 14.1 Å². The van der Waals surface area contributed by atoms with Gasteiger partial charge >= 0.3 is 0 Å². The number of hydrogen-bond acceptors (Lipinski definition) is 5. The van der Waals surface area contributed by atoms with E-state index in [0.717, 1.165) is 0 Å². The molecule has 1 saturated heterocycles. The molecule has 0 atom stereocenters. The molecule has 1 aliphatic rings. The molecule has 152 valence electrons. The van der Waals surface area contributed by atoms with E-state index in [1.807, 2.05) is 25.7 Å². The minimum absolute atomic E-state index is 0.00330. The average molecular weight is 392 g/mol. The van der Waals surface area contributed by atoms with Crippen molar-refractivity contribution in [2.45, 2.75) is 26.9 Å². The Hall–Kier alpha value is -1.39. The number of rotatable bonds is 8. The molecule has 0 radical (unpaired) electrons. The van der Waals surface area contributed by atoms with Gasteiger partial charge in [-0.3, -0.25) is 4.79 Å². The van der Waals surface area contributed by atoms with Gasteiger partial charge in [-0.1, -0.05) is 0 Å². The highest BCUT2D eigenvalue weighted by molar-refractivity contribution is 7.89. The quantitative estimate of drug-likeness (QED) is 0.439. The van der Waals surface area contributed by atoms with Crippen LogP contribution in [0.4, 0.5) is 0 Å². The Kier molecular flexibility index (Phi) is 9.31. The number of ether oxygens (including phenoxy) is 1. The molecule has 1 aliphatic heterocycles. The maximum atomic E-state index is 12.4. The van der Waals surface area contributed by atoms with Crippen molar-refractivity contribution in [1.29, 1.82) is 0 Å². The molecular formula is C16H33N5O4S. The molecule has 0 aromatic carbocycles. The minimum atomic E-state index is -3.32. The van der Waals surface area contributed by atoms with Gasteiger partial charge in [-0.25, -0.2) is 13.4 Å². The SMILES string of the molecule is CCNC(=NCC(=O)N(C)C)N1CCN(S(=O)(=O)CCOC(C)C)CC1. The zero-order valence-electron chi connectivity index (χ0n) is 16.6. The third-order valence-electron chi connectivity index (χ3n) is 3.92. The lowest BCUT2D eigenvalue weighted by atomic mass is 10.4. The number of hydrogen-bond donors (Lipinski definition) is 1. The lowest BCUT2D eigenvalue weighted by Crippen LogP contribution is -2.54. The van der Waals surface area contributed by atoms with Gasteiger partial charge in [-0.15, -0.1) is 0 Å². The first kappa shape index (κ1) is 22.7. The predicted octanol–water partition coefficient (Wildman–Crippen LogP) is -0.587. The van der Waals surface area contributed by atoms with Crippen molar-refractivity contribution < 1.29 is 17.9 Å². The summed E-state index contributed by atoms with van der Waals surface area (Å²) in [6, 6.07) is 0. The topological polar surface area (TPSA) is 94.5 Å². The van der Waals surface area contributed by atoms with Crippen molar-refractivity contribution >= 4 is 21.9 Å². The third-order valence-corrected chi connectivity index (χ3v) is 5.76. The van der Waals surface area contributed by atoms with Gasteiger partial charge in [-0.05, 0) is 20.8 Å². The lowest BCUT2D eigenvalue weighted by molar-refractivity contribution is -0.127. The molecule has 1 heterocycles. The van der Waals surface area contributed by atoms with Crippen molar-refractivity contribution in [2.75, 3.05) is 65.7 Å². The highest BCUT2D eigenvalue weighted by Crippen LogP contribution is 2.09. The van der Waals surface area contributed by atoms with Crippen LogP contribution in [-0.2, 0) is 19.6 Å². The van der Waals surface area contributed by atoms with E-state index in [9.17, 15) is 13.2 Å². The fourth-order valence-electron chi connectivity index (χ4n) is 2.41. The molecule has 0 aromatic heterocycles. The molecule has 0 bridgehead atoms. The molecule has 0 unspecified atom stereocenters. The summed E-state index contributed by atoms with van der Waals surface area (Å²) in [7, 11) is 0.0670. The van der Waals surface area contributed by atoms with E-state index in [1.165, 1.54) is 9.21 Å². The monoisotopic (exact) mass is 391 g/mol. The van der Waals surface area contributed by atoms with Crippen LogP contribution in [0.3, 0.4) is 0 Å². The number of guanidine groups is 1. The number of carbonyl (C=O) groups is 1. The fourth-order valence-corrected chi connectivity index (χ4v) is 3.69. The van der Waals surface area contributed by atoms with Gasteiger partial charge in [0.25, 0.3) is 0 Å². The molecule has 1 fully saturated rings. The van der Waals surface area contributed by atoms with Gasteiger partial charge in [0.1, 0.15) is 6.54 Å². The summed E-state index contributed by atoms with van der Waals surface area (Å²) in [5.74, 6) is 0.561. The Labute approximate surface area is 157 Å². The summed E-state index contributed by atoms with van der Waals surface area (Å²) in [6.07, 6.45) is 0.0193. The second kappa shape index (κ2) is 10.7. The van der Waals surface area contributed by atoms with E-state index in [-0.39, 0.29) is 30.9 Å². The van der Waals surface area contributed by atoms with Gasteiger partial charge < -0.3 is 19.9 Å². The molecule has 1 amide bonds. The number of piperazine rings is 1. The molecule has 0 aliphatic carbocycles. The molecule has 1 rings (SSSR count). The van der Waals surface area contributed by atoms with Gasteiger partial charge in [0.2, 0.25) is 15.9 Å². The molecule has 9 nitrogen and oxygen atoms in total. The number of carbonyl (C=O) groups excluding carboxylic acids is 1. The van der Waals surface area contributed by atoms with Crippen molar-refractivity contribution in [1.82, 2.24) is 19.4 Å². The number of aliphatic imine (C=N–C) groups is 1. The zero-order chi connectivity index (χ0) is 19.7. The average Bonchev–Trinajstić information content (AvgIpc) is 2.57. The molecule has 10 heteroatoms. The summed E-state index contributed by atoms with van der Waals surface area (Å²) < 4.78 is 31.6. The lowest BCUT2D eigenvalue weighted by Gasteiger charge is -2.35. The Balaban J connectivity index is 2.61. The van der Waals surface area contributed by atoms with E-state index < -0.39 is 10.0 Å². The van der Waals surface area contributed by atoms with Crippen molar-refractivity contribution in [3.8, 4) is 0 Å². The van der Waals surface area contributed by atoms with E-state index >= 15 is 0 Å². The highest BCUT2D eigenvalue weighted by Gasteiger charge is 2.28. The first-order chi connectivity index (χ1) is 12.2. The van der Waals surface area contributed by atoms with Crippen molar-refractivity contribution in [3.63, 3.8) is 0 Å². The standard InChI is InChI=1S/C16H33N5O4S/c1-6-17-16(18-13-15(22)19(4)5)20-7-9-21(10-8-20)26(23,24)12-11-25-14(2)3/h14H,6-13H2,1-5H3,(H,17,18). The summed E-state index contributed by atoms with van der Waals surface area (Å²) in [4.78, 5) is 19.6. The summed E-state index contributed by atoms with van der Waals surface area (Å²) >= 11 is 0. The Morgan fingerprint density at radius 2 is 1.85 bits per heavy atom. The molecule has 0 saturated carbocycles. The summed E-state index contributed by atoms with van der Waals surface area (Å²) in [5.41, 5.74) is 0. The van der Waals surface area contributed by atoms with Crippen LogP contribution in [0.1, 0.15) is 20.8 Å². The molecule has 26 heavy (non-hydrogen) atoms. The Morgan fingerprint density at radius 1 is 1.23 bits per heavy atom. The van der Waals surface area contributed by atoms with Gasteiger partial charge in [0, 0.05) is 46.8 Å². The normalized spacial score (nSPS) is 16.8. The maximum Gasteiger partial charge on any atom is 0.243 e. The van der Waals surface area contributed by atoms with Crippen LogP contribution in [0.5, 0.6) is 0 Å². The van der Waals surface area contributed by atoms with Crippen LogP contribution in [0, 0.1) is 0 Å². The Morgan fingerprint density at radius 3 is 2.35 bits per heavy atom. The maximum absolute atomic E-state index is 12.4. The molecular weight excluding hydrogens is 358 g/mol. The second-order valence-corrected chi connectivity index (χ2v) is 8.67. The van der Waals surface area contributed by atoms with Crippen molar-refractivity contribution in [3.05, 3.63) is 0 Å². The first-order valence-corrected chi connectivity index (χ1v) is 10.6. The minimum Gasteiger partial charge on any atom is -0.378 e. The zero-order valence-corrected chi connectivity index (χ0v) is 17.4. The largest absolute Gasteiger partial charge is 0.378 e. The second-order valence-electron chi connectivity index (χ2n) is 6.58. The third kappa shape index (κ3) is 7.46.